The van der Waals surface area contributed by atoms with Crippen LogP contribution >= 0.6 is 27.5 Å². The van der Waals surface area contributed by atoms with Gasteiger partial charge < -0.3 is 10.2 Å². The van der Waals surface area contributed by atoms with Gasteiger partial charge >= 0.3 is 0 Å². The van der Waals surface area contributed by atoms with Crippen LogP contribution in [0.2, 0.25) is 5.02 Å². The maximum absolute atomic E-state index is 14.3. The number of benzene rings is 3. The van der Waals surface area contributed by atoms with Crippen LogP contribution in [0.1, 0.15) is 32.7 Å². The van der Waals surface area contributed by atoms with E-state index < -0.39 is 0 Å². The minimum atomic E-state index is -0.138. The molecule has 2 aliphatic heterocycles. The predicted molar refractivity (Wildman–Crippen MR) is 166 cm³/mol. The molecule has 1 N–H and O–H groups in total. The zero-order valence-corrected chi connectivity index (χ0v) is 25.1. The van der Waals surface area contributed by atoms with Crippen molar-refractivity contribution in [3.63, 3.8) is 0 Å². The second-order valence-electron chi connectivity index (χ2n) is 10.5. The summed E-state index contributed by atoms with van der Waals surface area (Å²) in [6, 6.07) is 21.3. The van der Waals surface area contributed by atoms with Crippen LogP contribution in [-0.2, 0) is 19.4 Å². The van der Waals surface area contributed by atoms with Crippen molar-refractivity contribution in [2.24, 2.45) is 4.99 Å². The summed E-state index contributed by atoms with van der Waals surface area (Å²) in [7, 11) is 1.90. The Labute approximate surface area is 254 Å². The third-order valence-corrected chi connectivity index (χ3v) is 9.26. The molecule has 0 bridgehead atoms. The molecule has 10 heteroatoms. The van der Waals surface area contributed by atoms with Crippen LogP contribution in [0.15, 0.2) is 87.2 Å². The SMILES string of the molecule is CNC1=c2ccc(-n3c(=O)c4c(n5ncc(Cc6ccccc6)c35)CN(C(=O)c3ccc(Br)c(Cl)c3)CC4)cc2=NC1. The standard InChI is InChI=1S/C32H26BrClN6O2/c1-35-28-17-36-27-15-22(8-9-23(27)28)39-30-21(13-19-5-3-2-4-6-19)16-37-40(30)29-18-38(12-11-24(29)32(39)42)31(41)20-7-10-25(33)26(34)14-20/h2-10,14-16,35H,11-13,17-18H2,1H3. The third-order valence-electron chi connectivity index (χ3n) is 8.03. The van der Waals surface area contributed by atoms with Crippen molar-refractivity contribution in [1.82, 2.24) is 24.4 Å². The van der Waals surface area contributed by atoms with Gasteiger partial charge in [0, 0.05) is 52.1 Å². The van der Waals surface area contributed by atoms with Gasteiger partial charge in [0.2, 0.25) is 0 Å². The van der Waals surface area contributed by atoms with Gasteiger partial charge in [0.05, 0.1) is 41.0 Å². The largest absolute Gasteiger partial charge is 0.389 e. The molecule has 0 saturated carbocycles. The highest BCUT2D eigenvalue weighted by Gasteiger charge is 2.29. The Bertz CT molecular complexity index is 2090. The normalized spacial score (nSPS) is 14.1. The minimum absolute atomic E-state index is 0.0955. The molecule has 2 aliphatic rings. The molecule has 0 fully saturated rings. The first kappa shape index (κ1) is 26.7. The van der Waals surface area contributed by atoms with Crippen LogP contribution < -0.4 is 21.5 Å². The van der Waals surface area contributed by atoms with Gasteiger partial charge in [-0.2, -0.15) is 5.10 Å². The van der Waals surface area contributed by atoms with E-state index in [-0.39, 0.29) is 18.0 Å². The molecule has 7 rings (SSSR count). The smallest absolute Gasteiger partial charge is 0.261 e. The number of halogens is 2. The lowest BCUT2D eigenvalue weighted by molar-refractivity contribution is 0.0729. The quantitative estimate of drug-likeness (QED) is 0.318. The van der Waals surface area contributed by atoms with Crippen molar-refractivity contribution in [2.75, 3.05) is 20.1 Å². The van der Waals surface area contributed by atoms with Gasteiger partial charge in [-0.1, -0.05) is 41.9 Å². The number of rotatable bonds is 5. The molecular weight excluding hydrogens is 616 g/mol. The summed E-state index contributed by atoms with van der Waals surface area (Å²) >= 11 is 9.68. The van der Waals surface area contributed by atoms with Crippen LogP contribution in [0.4, 0.5) is 0 Å². The number of fused-ring (bicyclic) bond motifs is 4. The Balaban J connectivity index is 1.39. The summed E-state index contributed by atoms with van der Waals surface area (Å²) in [5, 5.41) is 10.4. The molecule has 0 atom stereocenters. The molecule has 4 heterocycles. The Morgan fingerprint density at radius 2 is 1.93 bits per heavy atom. The number of hydrogen-bond donors (Lipinski definition) is 1. The summed E-state index contributed by atoms with van der Waals surface area (Å²) in [6.45, 7) is 1.27. The van der Waals surface area contributed by atoms with E-state index >= 15 is 0 Å². The van der Waals surface area contributed by atoms with Crippen LogP contribution in [0.5, 0.6) is 0 Å². The average molecular weight is 642 g/mol. The molecule has 210 valence electrons. The number of aromatic nitrogens is 3. The lowest BCUT2D eigenvalue weighted by Crippen LogP contribution is -2.41. The molecular formula is C32H26BrClN6O2. The molecule has 0 unspecified atom stereocenters. The number of carbonyl (C=O) groups excluding carboxylic acids is 1. The van der Waals surface area contributed by atoms with Crippen molar-refractivity contribution in [1.29, 1.82) is 0 Å². The molecule has 3 aromatic carbocycles. The maximum Gasteiger partial charge on any atom is 0.261 e. The fourth-order valence-corrected chi connectivity index (χ4v) is 6.31. The Morgan fingerprint density at radius 1 is 1.10 bits per heavy atom. The third kappa shape index (κ3) is 4.44. The van der Waals surface area contributed by atoms with Crippen LogP contribution in [0.25, 0.3) is 17.0 Å². The number of amides is 1. The maximum atomic E-state index is 14.3. The van der Waals surface area contributed by atoms with Gasteiger partial charge in [-0.05, 0) is 64.3 Å². The highest BCUT2D eigenvalue weighted by atomic mass is 79.9. The Hall–Kier alpha value is -4.21. The first-order valence-corrected chi connectivity index (χ1v) is 14.9. The zero-order chi connectivity index (χ0) is 29.0. The first-order chi connectivity index (χ1) is 20.4. The number of hydrogen-bond acceptors (Lipinski definition) is 5. The molecule has 1 amide bonds. The summed E-state index contributed by atoms with van der Waals surface area (Å²) in [5.41, 5.74) is 6.33. The number of nitrogens with one attached hydrogen (secondary N) is 1. The molecule has 5 aromatic rings. The predicted octanol–water partition coefficient (Wildman–Crippen LogP) is 3.65. The number of likely N-dealkylation sites (N-methyl/N-ethyl adjacent to an activating group) is 1. The topological polar surface area (TPSA) is 84.0 Å². The zero-order valence-electron chi connectivity index (χ0n) is 22.8. The average Bonchev–Trinajstić information content (AvgIpc) is 3.62. The molecule has 42 heavy (non-hydrogen) atoms. The minimum Gasteiger partial charge on any atom is -0.389 e. The van der Waals surface area contributed by atoms with E-state index in [0.717, 1.165) is 43.3 Å². The molecule has 8 nitrogen and oxygen atoms in total. The highest BCUT2D eigenvalue weighted by Crippen LogP contribution is 2.27. The second-order valence-corrected chi connectivity index (χ2v) is 11.7. The lowest BCUT2D eigenvalue weighted by atomic mass is 10.0. The molecule has 0 radical (unpaired) electrons. The van der Waals surface area contributed by atoms with Crippen molar-refractivity contribution < 1.29 is 4.79 Å². The monoisotopic (exact) mass is 640 g/mol. The van der Waals surface area contributed by atoms with Crippen LogP contribution in [0.3, 0.4) is 0 Å². The van der Waals surface area contributed by atoms with E-state index in [4.69, 9.17) is 16.7 Å². The fraction of sp³-hybridized carbons (Fsp3) is 0.188. The first-order valence-electron chi connectivity index (χ1n) is 13.7. The van der Waals surface area contributed by atoms with Crippen molar-refractivity contribution in [3.05, 3.63) is 131 Å². The van der Waals surface area contributed by atoms with Gasteiger partial charge in [-0.15, -0.1) is 0 Å². The molecule has 0 spiro atoms. The second kappa shape index (κ2) is 10.6. The summed E-state index contributed by atoms with van der Waals surface area (Å²) in [4.78, 5) is 34.3. The molecule has 2 aromatic heterocycles. The van der Waals surface area contributed by atoms with Crippen molar-refractivity contribution in [3.8, 4) is 5.69 Å². The van der Waals surface area contributed by atoms with E-state index in [0.29, 0.717) is 47.7 Å². The highest BCUT2D eigenvalue weighted by molar-refractivity contribution is 9.10. The van der Waals surface area contributed by atoms with Crippen molar-refractivity contribution in [2.45, 2.75) is 19.4 Å². The van der Waals surface area contributed by atoms with Gasteiger partial charge in [0.15, 0.2) is 0 Å². The van der Waals surface area contributed by atoms with Crippen molar-refractivity contribution >= 4 is 44.8 Å². The summed E-state index contributed by atoms with van der Waals surface area (Å²) in [5.74, 6) is -0.138. The molecule has 0 aliphatic carbocycles. The fourth-order valence-electron chi connectivity index (χ4n) is 5.89. The van der Waals surface area contributed by atoms with E-state index in [1.54, 1.807) is 27.7 Å². The lowest BCUT2D eigenvalue weighted by Gasteiger charge is -2.29. The van der Waals surface area contributed by atoms with E-state index in [9.17, 15) is 9.59 Å². The van der Waals surface area contributed by atoms with E-state index in [2.05, 4.69) is 38.4 Å². The molecule has 0 saturated heterocycles. The van der Waals surface area contributed by atoms with Gasteiger partial charge in [0.25, 0.3) is 11.5 Å². The van der Waals surface area contributed by atoms with E-state index in [1.807, 2.05) is 54.2 Å². The van der Waals surface area contributed by atoms with Crippen LogP contribution in [0, 0.1) is 0 Å². The van der Waals surface area contributed by atoms with Gasteiger partial charge in [-0.3, -0.25) is 19.1 Å². The van der Waals surface area contributed by atoms with Gasteiger partial charge in [0.1, 0.15) is 5.65 Å². The van der Waals surface area contributed by atoms with Gasteiger partial charge in [-0.25, -0.2) is 4.52 Å². The Kier molecular flexibility index (Phi) is 6.71. The summed E-state index contributed by atoms with van der Waals surface area (Å²) in [6.07, 6.45) is 2.86. The number of carbonyl (C=O) groups is 1. The summed E-state index contributed by atoms with van der Waals surface area (Å²) < 4.78 is 4.34. The Morgan fingerprint density at radius 3 is 2.71 bits per heavy atom. The number of nitrogens with zero attached hydrogens (tertiary/aromatic N) is 5. The van der Waals surface area contributed by atoms with Crippen LogP contribution in [-0.4, -0.2) is 45.1 Å². The van der Waals surface area contributed by atoms with E-state index in [1.165, 1.54) is 0 Å².